The van der Waals surface area contributed by atoms with Gasteiger partial charge in [-0.25, -0.2) is 4.79 Å². The third-order valence-corrected chi connectivity index (χ3v) is 9.06. The number of aliphatic hydroxyl groups is 1. The lowest BCUT2D eigenvalue weighted by Gasteiger charge is -2.41. The standard InChI is InChI=1S/C16H31NO4Si/c1-16(2,3)22(4,5)21-17(15(19)20)14(11-12-18)10-9-13-7-6-8-13/h9,14,18H,6-8,10-12H2,1-5H3,(H,19,20)/t14-/m0/s1. The van der Waals surface area contributed by atoms with Crippen LogP contribution in [0.5, 0.6) is 0 Å². The highest BCUT2D eigenvalue weighted by Gasteiger charge is 2.42. The number of nitrogens with zero attached hydrogens (tertiary/aromatic N) is 1. The Balaban J connectivity index is 2.85. The summed E-state index contributed by atoms with van der Waals surface area (Å²) in [4.78, 5) is 11.7. The Kier molecular flexibility index (Phi) is 6.64. The SMILES string of the molecule is CC(C)(C)[Si](C)(C)ON(C(=O)O)[C@@H](CC=C1CCC1)CCO. The van der Waals surface area contributed by atoms with Crippen LogP contribution in [0.25, 0.3) is 0 Å². The summed E-state index contributed by atoms with van der Waals surface area (Å²) in [6.07, 6.45) is 5.50. The number of allylic oxidation sites excluding steroid dienone is 1. The number of amides is 1. The molecule has 1 aliphatic rings. The predicted molar refractivity (Wildman–Crippen MR) is 90.2 cm³/mol. The largest absolute Gasteiger partial charge is 0.463 e. The van der Waals surface area contributed by atoms with Crippen LogP contribution in [-0.4, -0.2) is 42.3 Å². The first-order chi connectivity index (χ1) is 10.1. The van der Waals surface area contributed by atoms with E-state index in [-0.39, 0.29) is 17.7 Å². The maximum Gasteiger partial charge on any atom is 0.430 e. The Morgan fingerprint density at radius 2 is 2.00 bits per heavy atom. The first kappa shape index (κ1) is 19.2. The summed E-state index contributed by atoms with van der Waals surface area (Å²) in [5, 5.41) is 19.9. The van der Waals surface area contributed by atoms with Crippen LogP contribution < -0.4 is 0 Å². The molecule has 1 aliphatic carbocycles. The number of rotatable bonds is 7. The van der Waals surface area contributed by atoms with Crippen LogP contribution in [0.3, 0.4) is 0 Å². The Morgan fingerprint density at radius 1 is 1.41 bits per heavy atom. The van der Waals surface area contributed by atoms with Gasteiger partial charge in [-0.3, -0.25) is 0 Å². The van der Waals surface area contributed by atoms with E-state index in [1.54, 1.807) is 0 Å². The van der Waals surface area contributed by atoms with E-state index in [2.05, 4.69) is 26.8 Å². The van der Waals surface area contributed by atoms with Crippen molar-refractivity contribution < 1.29 is 19.5 Å². The van der Waals surface area contributed by atoms with E-state index in [0.717, 1.165) is 17.9 Å². The summed E-state index contributed by atoms with van der Waals surface area (Å²) >= 11 is 0. The average molecular weight is 330 g/mol. The fraction of sp³-hybridized carbons (Fsp3) is 0.812. The molecule has 0 aliphatic heterocycles. The topological polar surface area (TPSA) is 70.0 Å². The Bertz CT molecular complexity index is 409. The van der Waals surface area contributed by atoms with Crippen LogP contribution in [-0.2, 0) is 4.53 Å². The molecule has 1 saturated carbocycles. The second kappa shape index (κ2) is 7.61. The van der Waals surface area contributed by atoms with Crippen molar-refractivity contribution in [3.8, 4) is 0 Å². The van der Waals surface area contributed by atoms with Gasteiger partial charge < -0.3 is 14.7 Å². The summed E-state index contributed by atoms with van der Waals surface area (Å²) in [7, 11) is -2.23. The third kappa shape index (κ3) is 5.10. The van der Waals surface area contributed by atoms with Crippen molar-refractivity contribution in [3.05, 3.63) is 11.6 Å². The Hall–Kier alpha value is -0.853. The summed E-state index contributed by atoms with van der Waals surface area (Å²) in [5.41, 5.74) is 1.39. The molecule has 0 aromatic heterocycles. The summed E-state index contributed by atoms with van der Waals surface area (Å²) < 4.78 is 5.99. The molecule has 5 nitrogen and oxygen atoms in total. The van der Waals surface area contributed by atoms with E-state index in [1.165, 1.54) is 12.0 Å². The van der Waals surface area contributed by atoms with Gasteiger partial charge in [0, 0.05) is 6.61 Å². The van der Waals surface area contributed by atoms with Gasteiger partial charge >= 0.3 is 6.09 Å². The van der Waals surface area contributed by atoms with E-state index in [1.807, 2.05) is 13.1 Å². The van der Waals surface area contributed by atoms with E-state index >= 15 is 0 Å². The number of hydroxylamine groups is 2. The van der Waals surface area contributed by atoms with Gasteiger partial charge in [0.2, 0.25) is 8.32 Å². The minimum absolute atomic E-state index is 0.0432. The van der Waals surface area contributed by atoms with Crippen molar-refractivity contribution in [1.82, 2.24) is 5.06 Å². The lowest BCUT2D eigenvalue weighted by Crippen LogP contribution is -2.51. The summed E-state index contributed by atoms with van der Waals surface area (Å²) in [5.74, 6) is 0. The normalized spacial score (nSPS) is 16.9. The van der Waals surface area contributed by atoms with Crippen molar-refractivity contribution >= 4 is 14.4 Å². The van der Waals surface area contributed by atoms with Crippen LogP contribution in [0.2, 0.25) is 18.1 Å². The van der Waals surface area contributed by atoms with Crippen LogP contribution in [0.4, 0.5) is 4.79 Å². The highest BCUT2D eigenvalue weighted by molar-refractivity contribution is 6.74. The van der Waals surface area contributed by atoms with Gasteiger partial charge in [-0.2, -0.15) is 5.06 Å². The van der Waals surface area contributed by atoms with E-state index in [4.69, 9.17) is 4.53 Å². The van der Waals surface area contributed by atoms with E-state index in [0.29, 0.717) is 12.8 Å². The van der Waals surface area contributed by atoms with Crippen LogP contribution >= 0.6 is 0 Å². The van der Waals surface area contributed by atoms with Crippen molar-refractivity contribution in [2.75, 3.05) is 6.61 Å². The quantitative estimate of drug-likeness (QED) is 0.418. The molecule has 1 fully saturated rings. The molecule has 1 atom stereocenters. The number of carbonyl (C=O) groups is 1. The minimum Gasteiger partial charge on any atom is -0.463 e. The first-order valence-corrected chi connectivity index (χ1v) is 11.0. The molecule has 0 aromatic rings. The molecule has 0 aromatic carbocycles. The zero-order valence-electron chi connectivity index (χ0n) is 14.6. The highest BCUT2D eigenvalue weighted by Crippen LogP contribution is 2.38. The number of aliphatic hydroxyl groups excluding tert-OH is 1. The smallest absolute Gasteiger partial charge is 0.430 e. The van der Waals surface area contributed by atoms with Gasteiger partial charge in [-0.05, 0) is 50.2 Å². The molecule has 22 heavy (non-hydrogen) atoms. The van der Waals surface area contributed by atoms with E-state index in [9.17, 15) is 15.0 Å². The van der Waals surface area contributed by atoms with Crippen molar-refractivity contribution in [1.29, 1.82) is 0 Å². The summed E-state index contributed by atoms with van der Waals surface area (Å²) in [6.45, 7) is 10.3. The molecular formula is C16H31NO4Si. The van der Waals surface area contributed by atoms with Gasteiger partial charge in [0.25, 0.3) is 0 Å². The van der Waals surface area contributed by atoms with Gasteiger partial charge in [0.1, 0.15) is 0 Å². The van der Waals surface area contributed by atoms with Crippen molar-refractivity contribution in [3.63, 3.8) is 0 Å². The van der Waals surface area contributed by atoms with Gasteiger partial charge in [0.15, 0.2) is 0 Å². The fourth-order valence-corrected chi connectivity index (χ4v) is 3.01. The molecule has 0 heterocycles. The zero-order valence-corrected chi connectivity index (χ0v) is 15.6. The lowest BCUT2D eigenvalue weighted by atomic mass is 9.91. The second-order valence-electron chi connectivity index (χ2n) is 7.58. The maximum atomic E-state index is 11.7. The zero-order chi connectivity index (χ0) is 17.0. The predicted octanol–water partition coefficient (Wildman–Crippen LogP) is 4.15. The first-order valence-electron chi connectivity index (χ1n) is 8.08. The molecule has 1 rings (SSSR count). The van der Waals surface area contributed by atoms with Crippen molar-refractivity contribution in [2.45, 2.75) is 77.0 Å². The van der Waals surface area contributed by atoms with E-state index < -0.39 is 14.4 Å². The molecule has 0 unspecified atom stereocenters. The second-order valence-corrected chi connectivity index (χ2v) is 12.3. The lowest BCUT2D eigenvalue weighted by molar-refractivity contribution is -0.0849. The molecule has 1 amide bonds. The molecular weight excluding hydrogens is 298 g/mol. The Morgan fingerprint density at radius 3 is 2.36 bits per heavy atom. The number of carboxylic acid groups (broad SMARTS) is 1. The number of hydrogen-bond donors (Lipinski definition) is 2. The molecule has 6 heteroatoms. The fourth-order valence-electron chi connectivity index (χ4n) is 2.02. The Labute approximate surface area is 135 Å². The van der Waals surface area contributed by atoms with Crippen LogP contribution in [0, 0.1) is 0 Å². The van der Waals surface area contributed by atoms with Crippen molar-refractivity contribution in [2.24, 2.45) is 0 Å². The van der Waals surface area contributed by atoms with Crippen LogP contribution in [0.15, 0.2) is 11.6 Å². The molecule has 128 valence electrons. The molecule has 0 bridgehead atoms. The average Bonchev–Trinajstić information content (AvgIpc) is 2.31. The summed E-state index contributed by atoms with van der Waals surface area (Å²) in [6, 6.07) is -0.329. The van der Waals surface area contributed by atoms with Crippen LogP contribution in [0.1, 0.15) is 52.9 Å². The monoisotopic (exact) mass is 329 g/mol. The molecule has 0 radical (unpaired) electrons. The van der Waals surface area contributed by atoms with Gasteiger partial charge in [-0.15, -0.1) is 0 Å². The van der Waals surface area contributed by atoms with Gasteiger partial charge in [0.05, 0.1) is 6.04 Å². The molecule has 2 N–H and O–H groups in total. The highest BCUT2D eigenvalue weighted by atomic mass is 28.4. The van der Waals surface area contributed by atoms with Gasteiger partial charge in [-0.1, -0.05) is 32.4 Å². The maximum absolute atomic E-state index is 11.7. The number of hydrogen-bond acceptors (Lipinski definition) is 3. The third-order valence-electron chi connectivity index (χ3n) is 4.79. The molecule has 0 spiro atoms. The molecule has 0 saturated heterocycles. The minimum atomic E-state index is -2.23.